The van der Waals surface area contributed by atoms with Gasteiger partial charge in [-0.2, -0.15) is 0 Å². The van der Waals surface area contributed by atoms with E-state index in [2.05, 4.69) is 50.8 Å². The zero-order valence-electron chi connectivity index (χ0n) is 12.8. The predicted octanol–water partition coefficient (Wildman–Crippen LogP) is 3.93. The number of hydrogen-bond acceptors (Lipinski definition) is 3. The summed E-state index contributed by atoms with van der Waals surface area (Å²) >= 11 is 1.65. The van der Waals surface area contributed by atoms with Gasteiger partial charge >= 0.3 is 0 Å². The Morgan fingerprint density at radius 1 is 1.19 bits per heavy atom. The lowest BCUT2D eigenvalue weighted by Gasteiger charge is -2.19. The van der Waals surface area contributed by atoms with Gasteiger partial charge in [0.15, 0.2) is 0 Å². The molecule has 0 aliphatic rings. The number of benzene rings is 1. The molecule has 1 heterocycles. The molecule has 0 fully saturated rings. The summed E-state index contributed by atoms with van der Waals surface area (Å²) in [6.07, 6.45) is 0. The molecule has 0 saturated carbocycles. The van der Waals surface area contributed by atoms with Gasteiger partial charge in [0.1, 0.15) is 12.4 Å². The van der Waals surface area contributed by atoms with E-state index in [4.69, 9.17) is 10.5 Å². The van der Waals surface area contributed by atoms with Crippen molar-refractivity contribution in [2.75, 3.05) is 6.54 Å². The average molecular weight is 299 g/mol. The molecule has 3 heteroatoms. The minimum atomic E-state index is 0.132. The maximum atomic E-state index is 5.88. The highest BCUT2D eigenvalue weighted by Gasteiger charge is 2.13. The smallest absolute Gasteiger partial charge is 0.122 e. The van der Waals surface area contributed by atoms with E-state index in [9.17, 15) is 0 Å². The number of nitrogens with two attached hydrogens (primary N) is 1. The van der Waals surface area contributed by atoms with Crippen molar-refractivity contribution in [3.05, 3.63) is 51.7 Å². The van der Waals surface area contributed by atoms with Crippen LogP contribution in [0.2, 0.25) is 0 Å². The summed E-state index contributed by atoms with van der Waals surface area (Å²) in [7, 11) is 0. The van der Waals surface area contributed by atoms with E-state index in [0.717, 1.165) is 15.5 Å². The van der Waals surface area contributed by atoms with Crippen LogP contribution in [0.15, 0.2) is 36.4 Å². The molecule has 2 aromatic rings. The van der Waals surface area contributed by atoms with Crippen LogP contribution in [0.5, 0.6) is 5.75 Å². The van der Waals surface area contributed by atoms with Gasteiger partial charge in [-0.15, -0.1) is 11.3 Å². The maximum absolute atomic E-state index is 5.88. The van der Waals surface area contributed by atoms with Crippen LogP contribution in [0.1, 0.15) is 36.1 Å². The van der Waals surface area contributed by atoms with Crippen LogP contribution >= 0.6 is 11.3 Å². The highest BCUT2D eigenvalue weighted by Crippen LogP contribution is 2.26. The molecule has 0 amide bonds. The Morgan fingerprint density at radius 3 is 2.71 bits per heavy atom. The second-order valence-electron chi connectivity index (χ2n) is 5.84. The molecule has 21 heavy (non-hydrogen) atoms. The molecule has 0 unspecified atom stereocenters. The molecular formula is C18H21NOS. The Bertz CT molecular complexity index is 656. The Morgan fingerprint density at radius 2 is 2.00 bits per heavy atom. The van der Waals surface area contributed by atoms with E-state index in [1.54, 1.807) is 11.3 Å². The maximum Gasteiger partial charge on any atom is 0.122 e. The Labute approximate surface area is 131 Å². The average Bonchev–Trinajstić information content (AvgIpc) is 2.90. The Kier molecular flexibility index (Phi) is 5.06. The van der Waals surface area contributed by atoms with Crippen molar-refractivity contribution in [3.8, 4) is 17.6 Å². The summed E-state index contributed by atoms with van der Waals surface area (Å²) < 4.78 is 5.88. The van der Waals surface area contributed by atoms with Crippen molar-refractivity contribution in [1.29, 1.82) is 0 Å². The molecule has 0 radical (unpaired) electrons. The molecule has 1 aromatic carbocycles. The molecule has 0 atom stereocenters. The van der Waals surface area contributed by atoms with Crippen LogP contribution in [0.25, 0.3) is 0 Å². The molecule has 0 spiro atoms. The number of hydrogen-bond donors (Lipinski definition) is 1. The topological polar surface area (TPSA) is 35.2 Å². The molecule has 0 aliphatic heterocycles. The minimum absolute atomic E-state index is 0.132. The fraction of sp³-hybridized carbons (Fsp3) is 0.333. The molecule has 2 N–H and O–H groups in total. The van der Waals surface area contributed by atoms with E-state index in [-0.39, 0.29) is 5.41 Å². The van der Waals surface area contributed by atoms with Crippen molar-refractivity contribution >= 4 is 11.3 Å². The molecular weight excluding hydrogens is 278 g/mol. The lowest BCUT2D eigenvalue weighted by atomic mass is 9.87. The third-order valence-corrected chi connectivity index (χ3v) is 4.03. The normalized spacial score (nSPS) is 10.9. The fourth-order valence-corrected chi connectivity index (χ4v) is 2.66. The van der Waals surface area contributed by atoms with Gasteiger partial charge in [0.05, 0.1) is 11.4 Å². The summed E-state index contributed by atoms with van der Waals surface area (Å²) in [4.78, 5) is 2.19. The van der Waals surface area contributed by atoms with Gasteiger partial charge in [-0.3, -0.25) is 0 Å². The van der Waals surface area contributed by atoms with Crippen molar-refractivity contribution < 1.29 is 4.74 Å². The van der Waals surface area contributed by atoms with Gasteiger partial charge in [-0.05, 0) is 35.2 Å². The van der Waals surface area contributed by atoms with Gasteiger partial charge < -0.3 is 10.5 Å². The van der Waals surface area contributed by atoms with E-state index in [1.807, 2.05) is 18.2 Å². The highest BCUT2D eigenvalue weighted by molar-refractivity contribution is 7.12. The second-order valence-corrected chi connectivity index (χ2v) is 7.01. The molecule has 0 saturated heterocycles. The van der Waals surface area contributed by atoms with E-state index in [1.165, 1.54) is 5.56 Å². The van der Waals surface area contributed by atoms with Gasteiger partial charge in [-0.25, -0.2) is 0 Å². The van der Waals surface area contributed by atoms with Crippen LogP contribution in [-0.4, -0.2) is 6.54 Å². The third kappa shape index (κ3) is 4.63. The molecule has 0 aliphatic carbocycles. The Hall–Kier alpha value is -1.76. The zero-order chi connectivity index (χ0) is 15.3. The summed E-state index contributed by atoms with van der Waals surface area (Å²) in [5, 5.41) is 0. The fourth-order valence-electron chi connectivity index (χ4n) is 1.87. The summed E-state index contributed by atoms with van der Waals surface area (Å²) in [6.45, 7) is 7.57. The summed E-state index contributed by atoms with van der Waals surface area (Å²) in [5.41, 5.74) is 6.78. The van der Waals surface area contributed by atoms with E-state index in [0.29, 0.717) is 13.2 Å². The molecule has 1 aromatic heterocycles. The van der Waals surface area contributed by atoms with Crippen LogP contribution in [0.3, 0.4) is 0 Å². The minimum Gasteiger partial charge on any atom is -0.488 e. The third-order valence-electron chi connectivity index (χ3n) is 3.06. The van der Waals surface area contributed by atoms with Crippen LogP contribution in [0, 0.1) is 11.8 Å². The standard InChI is InChI=1S/C18H21NOS/c1-18(2,3)14-6-4-7-15(12-14)20-13-17-10-9-16(21-17)8-5-11-19/h4,6-7,9-10,12H,11,13,19H2,1-3H3. The predicted molar refractivity (Wildman–Crippen MR) is 89.7 cm³/mol. The van der Waals surface area contributed by atoms with Gasteiger partial charge in [0.2, 0.25) is 0 Å². The summed E-state index contributed by atoms with van der Waals surface area (Å²) in [6, 6.07) is 12.4. The largest absolute Gasteiger partial charge is 0.488 e. The van der Waals surface area contributed by atoms with E-state index >= 15 is 0 Å². The molecule has 2 rings (SSSR count). The monoisotopic (exact) mass is 299 g/mol. The first-order valence-electron chi connectivity index (χ1n) is 7.00. The van der Waals surface area contributed by atoms with Crippen molar-refractivity contribution in [3.63, 3.8) is 0 Å². The number of thiophene rings is 1. The van der Waals surface area contributed by atoms with E-state index < -0.39 is 0 Å². The highest BCUT2D eigenvalue weighted by atomic mass is 32.1. The first-order valence-corrected chi connectivity index (χ1v) is 7.81. The SMILES string of the molecule is CC(C)(C)c1cccc(OCc2ccc(C#CCN)s2)c1. The Balaban J connectivity index is 2.01. The van der Waals surface area contributed by atoms with Crippen molar-refractivity contribution in [2.24, 2.45) is 5.73 Å². The first kappa shape index (κ1) is 15.6. The summed E-state index contributed by atoms with van der Waals surface area (Å²) in [5.74, 6) is 6.81. The van der Waals surface area contributed by atoms with Gasteiger partial charge in [0.25, 0.3) is 0 Å². The quantitative estimate of drug-likeness (QED) is 0.871. The molecule has 2 nitrogen and oxygen atoms in total. The lowest BCUT2D eigenvalue weighted by Crippen LogP contribution is -2.10. The molecule has 0 bridgehead atoms. The lowest BCUT2D eigenvalue weighted by molar-refractivity contribution is 0.309. The van der Waals surface area contributed by atoms with Gasteiger partial charge in [-0.1, -0.05) is 44.7 Å². The number of ether oxygens (including phenoxy) is 1. The molecule has 110 valence electrons. The van der Waals surface area contributed by atoms with Crippen LogP contribution in [-0.2, 0) is 12.0 Å². The van der Waals surface area contributed by atoms with Crippen molar-refractivity contribution in [1.82, 2.24) is 0 Å². The van der Waals surface area contributed by atoms with Gasteiger partial charge in [0, 0.05) is 4.88 Å². The number of rotatable bonds is 3. The van der Waals surface area contributed by atoms with Crippen LogP contribution < -0.4 is 10.5 Å². The zero-order valence-corrected chi connectivity index (χ0v) is 13.6. The first-order chi connectivity index (χ1) is 9.99. The van der Waals surface area contributed by atoms with Crippen LogP contribution in [0.4, 0.5) is 0 Å². The van der Waals surface area contributed by atoms with Crippen molar-refractivity contribution in [2.45, 2.75) is 32.8 Å². The second kappa shape index (κ2) is 6.80.